The van der Waals surface area contributed by atoms with E-state index in [0.29, 0.717) is 18.5 Å². The molecule has 0 fully saturated rings. The van der Waals surface area contributed by atoms with E-state index in [2.05, 4.69) is 6.92 Å². The zero-order valence-electron chi connectivity index (χ0n) is 13.6. The number of benzene rings is 1. The number of phenolic OH excluding ortho intramolecular Hbond substituents is 1. The number of nitrogens with zero attached hydrogens (tertiary/aromatic N) is 1. The van der Waals surface area contributed by atoms with Crippen LogP contribution in [-0.4, -0.2) is 35.5 Å². The fraction of sp³-hybridized carbons (Fsp3) is 0.444. The van der Waals surface area contributed by atoms with Gasteiger partial charge in [-0.05, 0) is 42.2 Å². The number of hydrogen-bond acceptors (Lipinski definition) is 4. The maximum absolute atomic E-state index is 12.5. The standard InChI is InChI=1S/C18H23NO4/c1-3-4-5-6-7-16(21)19-11-10-13-8-9-14(20)12-15(13)17(19)18(22)23-2/h6-9,12,17,20H,3-5,10-11H2,1-2H3. The molecule has 1 atom stereocenters. The molecule has 0 radical (unpaired) electrons. The van der Waals surface area contributed by atoms with Crippen molar-refractivity contribution in [2.45, 2.75) is 38.6 Å². The monoisotopic (exact) mass is 317 g/mol. The number of carbonyl (C=O) groups excluding carboxylic acids is 2. The first-order valence-corrected chi connectivity index (χ1v) is 7.95. The Labute approximate surface area is 136 Å². The number of carbonyl (C=O) groups is 2. The Morgan fingerprint density at radius 3 is 2.91 bits per heavy atom. The van der Waals surface area contributed by atoms with Crippen molar-refractivity contribution >= 4 is 11.9 Å². The van der Waals surface area contributed by atoms with Crippen molar-refractivity contribution in [3.8, 4) is 5.75 Å². The molecule has 0 spiro atoms. The third-order valence-electron chi connectivity index (χ3n) is 4.05. The molecule has 2 rings (SSSR count). The maximum atomic E-state index is 12.5. The molecule has 1 aromatic carbocycles. The summed E-state index contributed by atoms with van der Waals surface area (Å²) in [6.45, 7) is 2.55. The molecule has 5 nitrogen and oxygen atoms in total. The number of aromatic hydroxyl groups is 1. The van der Waals surface area contributed by atoms with Crippen molar-refractivity contribution in [3.63, 3.8) is 0 Å². The van der Waals surface area contributed by atoms with Gasteiger partial charge in [0, 0.05) is 6.54 Å². The molecule has 23 heavy (non-hydrogen) atoms. The van der Waals surface area contributed by atoms with Crippen LogP contribution in [0.15, 0.2) is 30.4 Å². The van der Waals surface area contributed by atoms with Crippen LogP contribution in [-0.2, 0) is 20.7 Å². The molecular formula is C18H23NO4. The summed E-state index contributed by atoms with van der Waals surface area (Å²) in [6.07, 6.45) is 6.96. The quantitative estimate of drug-likeness (QED) is 0.515. The minimum Gasteiger partial charge on any atom is -0.508 e. The molecular weight excluding hydrogens is 294 g/mol. The van der Waals surface area contributed by atoms with Crippen LogP contribution in [0.25, 0.3) is 0 Å². The van der Waals surface area contributed by atoms with Crippen LogP contribution in [0.1, 0.15) is 43.4 Å². The van der Waals surface area contributed by atoms with Gasteiger partial charge in [0.2, 0.25) is 5.91 Å². The lowest BCUT2D eigenvalue weighted by Crippen LogP contribution is -2.43. The Bertz CT molecular complexity index is 609. The summed E-state index contributed by atoms with van der Waals surface area (Å²) in [4.78, 5) is 26.2. The Morgan fingerprint density at radius 1 is 1.43 bits per heavy atom. The van der Waals surface area contributed by atoms with E-state index in [9.17, 15) is 14.7 Å². The summed E-state index contributed by atoms with van der Waals surface area (Å²) in [5.41, 5.74) is 1.59. The number of amides is 1. The summed E-state index contributed by atoms with van der Waals surface area (Å²) in [5.74, 6) is -0.622. The highest BCUT2D eigenvalue weighted by Gasteiger charge is 2.36. The molecule has 1 amide bonds. The second-order valence-corrected chi connectivity index (χ2v) is 5.64. The van der Waals surface area contributed by atoms with Gasteiger partial charge in [0.15, 0.2) is 6.04 Å². The van der Waals surface area contributed by atoms with Gasteiger partial charge in [0.25, 0.3) is 0 Å². The second kappa shape index (κ2) is 7.81. The minimum atomic E-state index is -0.806. The zero-order chi connectivity index (χ0) is 16.8. The Balaban J connectivity index is 2.27. The lowest BCUT2D eigenvalue weighted by atomic mass is 9.92. The van der Waals surface area contributed by atoms with Gasteiger partial charge < -0.3 is 14.7 Å². The number of hydrogen-bond donors (Lipinski definition) is 1. The Hall–Kier alpha value is -2.30. The number of rotatable bonds is 5. The van der Waals surface area contributed by atoms with E-state index in [1.807, 2.05) is 6.08 Å². The number of phenols is 1. The summed E-state index contributed by atoms with van der Waals surface area (Å²) < 4.78 is 4.87. The summed E-state index contributed by atoms with van der Waals surface area (Å²) >= 11 is 0. The molecule has 0 aromatic heterocycles. The van der Waals surface area contributed by atoms with Gasteiger partial charge in [-0.15, -0.1) is 0 Å². The molecule has 0 bridgehead atoms. The van der Waals surface area contributed by atoms with Crippen molar-refractivity contribution < 1.29 is 19.4 Å². The largest absolute Gasteiger partial charge is 0.508 e. The van der Waals surface area contributed by atoms with Crippen LogP contribution < -0.4 is 0 Å². The van der Waals surface area contributed by atoms with E-state index in [4.69, 9.17) is 4.74 Å². The van der Waals surface area contributed by atoms with Crippen molar-refractivity contribution in [1.29, 1.82) is 0 Å². The van der Waals surface area contributed by atoms with Crippen LogP contribution in [0.2, 0.25) is 0 Å². The third-order valence-corrected chi connectivity index (χ3v) is 4.05. The van der Waals surface area contributed by atoms with Gasteiger partial charge in [-0.2, -0.15) is 0 Å². The number of esters is 1. The fourth-order valence-electron chi connectivity index (χ4n) is 2.81. The van der Waals surface area contributed by atoms with E-state index in [0.717, 1.165) is 24.8 Å². The van der Waals surface area contributed by atoms with Gasteiger partial charge in [-0.25, -0.2) is 4.79 Å². The number of allylic oxidation sites excluding steroid dienone is 1. The maximum Gasteiger partial charge on any atom is 0.333 e. The molecule has 124 valence electrons. The first-order valence-electron chi connectivity index (χ1n) is 7.95. The predicted molar refractivity (Wildman–Crippen MR) is 86.9 cm³/mol. The van der Waals surface area contributed by atoms with E-state index in [-0.39, 0.29) is 11.7 Å². The highest BCUT2D eigenvalue weighted by atomic mass is 16.5. The summed E-state index contributed by atoms with van der Waals surface area (Å²) in [6, 6.07) is 4.12. The molecule has 1 unspecified atom stereocenters. The topological polar surface area (TPSA) is 66.8 Å². The lowest BCUT2D eigenvalue weighted by molar-refractivity contribution is -0.152. The molecule has 1 N–H and O–H groups in total. The number of fused-ring (bicyclic) bond motifs is 1. The van der Waals surface area contributed by atoms with Crippen LogP contribution in [0, 0.1) is 0 Å². The van der Waals surface area contributed by atoms with Gasteiger partial charge in [-0.3, -0.25) is 4.79 Å². The number of unbranched alkanes of at least 4 members (excludes halogenated alkanes) is 2. The zero-order valence-corrected chi connectivity index (χ0v) is 13.6. The molecule has 0 saturated carbocycles. The summed E-state index contributed by atoms with van der Waals surface area (Å²) in [5, 5.41) is 9.72. The van der Waals surface area contributed by atoms with E-state index < -0.39 is 12.0 Å². The Kier molecular flexibility index (Phi) is 5.79. The van der Waals surface area contributed by atoms with Gasteiger partial charge in [0.1, 0.15) is 5.75 Å². The smallest absolute Gasteiger partial charge is 0.333 e. The minimum absolute atomic E-state index is 0.0745. The molecule has 1 aliphatic heterocycles. The molecule has 0 saturated heterocycles. The number of ether oxygens (including phenoxy) is 1. The van der Waals surface area contributed by atoms with E-state index in [1.54, 1.807) is 12.1 Å². The van der Waals surface area contributed by atoms with Crippen LogP contribution in [0.5, 0.6) is 5.75 Å². The molecule has 1 heterocycles. The summed E-state index contributed by atoms with van der Waals surface area (Å²) in [7, 11) is 1.30. The first kappa shape index (κ1) is 17.1. The predicted octanol–water partition coefficient (Wildman–Crippen LogP) is 2.74. The van der Waals surface area contributed by atoms with Crippen LogP contribution >= 0.6 is 0 Å². The molecule has 0 aliphatic carbocycles. The first-order chi connectivity index (χ1) is 11.1. The van der Waals surface area contributed by atoms with Crippen molar-refractivity contribution in [2.75, 3.05) is 13.7 Å². The highest BCUT2D eigenvalue weighted by Crippen LogP contribution is 2.33. The van der Waals surface area contributed by atoms with Crippen LogP contribution in [0.4, 0.5) is 0 Å². The normalized spacial score (nSPS) is 17.1. The average Bonchev–Trinajstić information content (AvgIpc) is 2.56. The van der Waals surface area contributed by atoms with E-state index >= 15 is 0 Å². The second-order valence-electron chi connectivity index (χ2n) is 5.64. The fourth-order valence-corrected chi connectivity index (χ4v) is 2.81. The Morgan fingerprint density at radius 2 is 2.22 bits per heavy atom. The lowest BCUT2D eigenvalue weighted by Gasteiger charge is -2.35. The average molecular weight is 317 g/mol. The van der Waals surface area contributed by atoms with Crippen molar-refractivity contribution in [3.05, 3.63) is 41.5 Å². The van der Waals surface area contributed by atoms with E-state index in [1.165, 1.54) is 24.2 Å². The molecule has 5 heteroatoms. The molecule has 1 aliphatic rings. The van der Waals surface area contributed by atoms with Crippen LogP contribution in [0.3, 0.4) is 0 Å². The third kappa shape index (κ3) is 3.92. The SMILES string of the molecule is CCCCC=CC(=O)N1CCc2ccc(O)cc2C1C(=O)OC. The van der Waals surface area contributed by atoms with Gasteiger partial charge >= 0.3 is 5.97 Å². The van der Waals surface area contributed by atoms with Crippen molar-refractivity contribution in [2.24, 2.45) is 0 Å². The number of methoxy groups -OCH3 is 1. The van der Waals surface area contributed by atoms with Crippen molar-refractivity contribution in [1.82, 2.24) is 4.90 Å². The van der Waals surface area contributed by atoms with Gasteiger partial charge in [-0.1, -0.05) is 31.9 Å². The highest BCUT2D eigenvalue weighted by molar-refractivity contribution is 5.92. The van der Waals surface area contributed by atoms with Gasteiger partial charge in [0.05, 0.1) is 7.11 Å². The molecule has 1 aromatic rings.